The Labute approximate surface area is 254 Å². The highest BCUT2D eigenvalue weighted by molar-refractivity contribution is 5.95. The second kappa shape index (κ2) is 13.8. The molecule has 0 unspecified atom stereocenters. The second-order valence-corrected chi connectivity index (χ2v) is 12.6. The van der Waals surface area contributed by atoms with Crippen LogP contribution in [-0.2, 0) is 20.8 Å². The van der Waals surface area contributed by atoms with E-state index in [2.05, 4.69) is 15.0 Å². The first-order chi connectivity index (χ1) is 20.7. The lowest BCUT2D eigenvalue weighted by Gasteiger charge is -2.35. The lowest BCUT2D eigenvalue weighted by molar-refractivity contribution is -0.133. The molecule has 1 aromatic carbocycles. The van der Waals surface area contributed by atoms with Gasteiger partial charge in [-0.25, -0.2) is 19.4 Å². The van der Waals surface area contributed by atoms with Crippen LogP contribution in [0.2, 0.25) is 0 Å². The molecule has 2 amide bonds. The molecule has 0 bridgehead atoms. The van der Waals surface area contributed by atoms with E-state index in [-0.39, 0.29) is 11.9 Å². The SMILES string of the molecule is COCCCC(=O)N1CCN(Cc2ccc(N(C(=O)OC(C)(C)C)c3ncc4cnn(C5CCCCC5)c4n3)cc2)CC1. The number of hydrogen-bond acceptors (Lipinski definition) is 8. The number of amides is 2. The molecule has 1 saturated carbocycles. The third-order valence-electron chi connectivity index (χ3n) is 8.08. The summed E-state index contributed by atoms with van der Waals surface area (Å²) in [6, 6.07) is 8.19. The molecule has 2 aliphatic rings. The summed E-state index contributed by atoms with van der Waals surface area (Å²) in [6.07, 6.45) is 10.1. The van der Waals surface area contributed by atoms with Gasteiger partial charge in [0.15, 0.2) is 5.65 Å². The smallest absolute Gasteiger partial charge is 0.421 e. The van der Waals surface area contributed by atoms with Crippen LogP contribution < -0.4 is 4.90 Å². The molecule has 232 valence electrons. The fourth-order valence-corrected chi connectivity index (χ4v) is 5.83. The Morgan fingerprint density at radius 3 is 2.40 bits per heavy atom. The van der Waals surface area contributed by atoms with Crippen molar-refractivity contribution in [2.45, 2.75) is 83.9 Å². The predicted molar refractivity (Wildman–Crippen MR) is 165 cm³/mol. The lowest BCUT2D eigenvalue weighted by Crippen LogP contribution is -2.48. The maximum Gasteiger partial charge on any atom is 0.421 e. The normalized spacial score (nSPS) is 16.9. The van der Waals surface area contributed by atoms with Gasteiger partial charge in [-0.2, -0.15) is 10.1 Å². The number of nitrogens with zero attached hydrogens (tertiary/aromatic N) is 7. The minimum Gasteiger partial charge on any atom is -0.443 e. The summed E-state index contributed by atoms with van der Waals surface area (Å²) in [5, 5.41) is 5.49. The van der Waals surface area contributed by atoms with Gasteiger partial charge in [0, 0.05) is 59.1 Å². The molecular weight excluding hydrogens is 546 g/mol. The van der Waals surface area contributed by atoms with Crippen LogP contribution in [0.1, 0.15) is 77.3 Å². The number of rotatable bonds is 9. The maximum absolute atomic E-state index is 13.5. The number of methoxy groups -OCH3 is 1. The van der Waals surface area contributed by atoms with Crippen LogP contribution in [0.5, 0.6) is 0 Å². The monoisotopic (exact) mass is 591 g/mol. The van der Waals surface area contributed by atoms with Gasteiger partial charge in [0.05, 0.1) is 23.3 Å². The van der Waals surface area contributed by atoms with Gasteiger partial charge in [-0.05, 0) is 57.7 Å². The summed E-state index contributed by atoms with van der Waals surface area (Å²) in [7, 11) is 1.66. The van der Waals surface area contributed by atoms with Crippen molar-refractivity contribution in [1.29, 1.82) is 0 Å². The van der Waals surface area contributed by atoms with E-state index in [1.807, 2.05) is 54.6 Å². The van der Waals surface area contributed by atoms with E-state index in [1.165, 1.54) is 24.2 Å². The van der Waals surface area contributed by atoms with Gasteiger partial charge < -0.3 is 14.4 Å². The highest BCUT2D eigenvalue weighted by Gasteiger charge is 2.29. The lowest BCUT2D eigenvalue weighted by atomic mass is 9.96. The highest BCUT2D eigenvalue weighted by atomic mass is 16.6. The number of carbonyl (C=O) groups excluding carboxylic acids is 2. The molecule has 0 radical (unpaired) electrons. The van der Waals surface area contributed by atoms with Gasteiger partial charge in [-0.1, -0.05) is 31.4 Å². The van der Waals surface area contributed by atoms with Crippen molar-refractivity contribution in [3.05, 3.63) is 42.2 Å². The summed E-state index contributed by atoms with van der Waals surface area (Å²) in [4.78, 5) is 41.2. The molecule has 0 atom stereocenters. The number of hydrogen-bond donors (Lipinski definition) is 0. The number of aromatic nitrogens is 4. The van der Waals surface area contributed by atoms with Gasteiger partial charge in [0.1, 0.15) is 5.60 Å². The summed E-state index contributed by atoms with van der Waals surface area (Å²) in [5.74, 6) is 0.462. The minimum atomic E-state index is -0.684. The zero-order chi connectivity index (χ0) is 30.4. The van der Waals surface area contributed by atoms with E-state index in [0.717, 1.165) is 68.6 Å². The molecule has 5 rings (SSSR count). The first-order valence-corrected chi connectivity index (χ1v) is 15.5. The van der Waals surface area contributed by atoms with E-state index >= 15 is 0 Å². The molecule has 1 aliphatic heterocycles. The number of carbonyl (C=O) groups is 2. The number of anilines is 2. The van der Waals surface area contributed by atoms with Gasteiger partial charge in [-0.3, -0.25) is 9.69 Å². The molecule has 2 aromatic heterocycles. The average molecular weight is 592 g/mol. The average Bonchev–Trinajstić information content (AvgIpc) is 3.42. The molecular formula is C32H45N7O4. The van der Waals surface area contributed by atoms with Crippen molar-refractivity contribution in [3.8, 4) is 0 Å². The third-order valence-corrected chi connectivity index (χ3v) is 8.08. The first kappa shape index (κ1) is 30.9. The molecule has 2 fully saturated rings. The van der Waals surface area contributed by atoms with E-state index in [9.17, 15) is 9.59 Å². The van der Waals surface area contributed by atoms with E-state index < -0.39 is 11.7 Å². The zero-order valence-electron chi connectivity index (χ0n) is 26.0. The Kier molecular flexibility index (Phi) is 9.92. The molecule has 11 heteroatoms. The summed E-state index contributed by atoms with van der Waals surface area (Å²) >= 11 is 0. The molecule has 1 saturated heterocycles. The van der Waals surface area contributed by atoms with Crippen LogP contribution in [0.4, 0.5) is 16.4 Å². The summed E-state index contributed by atoms with van der Waals surface area (Å²) < 4.78 is 12.9. The zero-order valence-corrected chi connectivity index (χ0v) is 26.0. The van der Waals surface area contributed by atoms with Gasteiger partial charge in [0.25, 0.3) is 0 Å². The molecule has 11 nitrogen and oxygen atoms in total. The Balaban J connectivity index is 1.31. The molecule has 1 aliphatic carbocycles. The Morgan fingerprint density at radius 2 is 1.72 bits per heavy atom. The molecule has 0 spiro atoms. The van der Waals surface area contributed by atoms with E-state index in [1.54, 1.807) is 19.5 Å². The third kappa shape index (κ3) is 7.88. The fourth-order valence-electron chi connectivity index (χ4n) is 5.83. The number of fused-ring (bicyclic) bond motifs is 1. The first-order valence-electron chi connectivity index (χ1n) is 15.5. The van der Waals surface area contributed by atoms with Crippen molar-refractivity contribution in [1.82, 2.24) is 29.5 Å². The van der Waals surface area contributed by atoms with Gasteiger partial charge in [0.2, 0.25) is 11.9 Å². The van der Waals surface area contributed by atoms with Crippen LogP contribution in [0.25, 0.3) is 11.0 Å². The van der Waals surface area contributed by atoms with Crippen molar-refractivity contribution < 1.29 is 19.1 Å². The van der Waals surface area contributed by atoms with Crippen LogP contribution in [0.3, 0.4) is 0 Å². The summed E-state index contributed by atoms with van der Waals surface area (Å²) in [6.45, 7) is 10.0. The van der Waals surface area contributed by atoms with Gasteiger partial charge in [-0.15, -0.1) is 0 Å². The van der Waals surface area contributed by atoms with E-state index in [4.69, 9.17) is 14.5 Å². The highest BCUT2D eigenvalue weighted by Crippen LogP contribution is 2.32. The quantitative estimate of drug-likeness (QED) is 0.302. The Hall–Kier alpha value is -3.57. The molecule has 0 N–H and O–H groups in total. The van der Waals surface area contributed by atoms with Crippen molar-refractivity contribution in [2.75, 3.05) is 44.8 Å². The molecule has 3 heterocycles. The topological polar surface area (TPSA) is 106 Å². The number of piperazine rings is 1. The van der Waals surface area contributed by atoms with Crippen LogP contribution >= 0.6 is 0 Å². The second-order valence-electron chi connectivity index (χ2n) is 12.6. The number of benzene rings is 1. The van der Waals surface area contributed by atoms with Crippen LogP contribution in [0, 0.1) is 0 Å². The largest absolute Gasteiger partial charge is 0.443 e. The Morgan fingerprint density at radius 1 is 1.00 bits per heavy atom. The summed E-state index contributed by atoms with van der Waals surface area (Å²) in [5.41, 5.74) is 1.81. The standard InChI is InChI=1S/C32H45N7O4/c1-32(2,3)43-31(41)38(30-33-21-25-22-34-39(29(25)35-30)27-9-6-5-7-10-27)26-14-12-24(13-15-26)23-36-16-18-37(19-17-36)28(40)11-8-20-42-4/h12-15,21-22,27H,5-11,16-20,23H2,1-4H3. The van der Waals surface area contributed by atoms with Crippen molar-refractivity contribution >= 4 is 34.7 Å². The fraction of sp³-hybridized carbons (Fsp3) is 0.594. The van der Waals surface area contributed by atoms with Crippen LogP contribution in [0.15, 0.2) is 36.7 Å². The maximum atomic E-state index is 13.5. The molecule has 43 heavy (non-hydrogen) atoms. The Bertz CT molecular complexity index is 1370. The van der Waals surface area contributed by atoms with Crippen molar-refractivity contribution in [2.24, 2.45) is 0 Å². The minimum absolute atomic E-state index is 0.200. The predicted octanol–water partition coefficient (Wildman–Crippen LogP) is 5.48. The molecule has 3 aromatic rings. The van der Waals surface area contributed by atoms with Crippen molar-refractivity contribution in [3.63, 3.8) is 0 Å². The number of ether oxygens (including phenoxy) is 2. The van der Waals surface area contributed by atoms with Gasteiger partial charge >= 0.3 is 6.09 Å². The van der Waals surface area contributed by atoms with Crippen LogP contribution in [-0.4, -0.2) is 87.0 Å². The van der Waals surface area contributed by atoms with E-state index in [0.29, 0.717) is 24.8 Å².